The number of H-pyrrole nitrogens is 1. The summed E-state index contributed by atoms with van der Waals surface area (Å²) in [4.78, 5) is 24.0. The van der Waals surface area contributed by atoms with E-state index in [1.165, 1.54) is 30.6 Å². The van der Waals surface area contributed by atoms with Crippen LogP contribution in [-0.2, 0) is 11.3 Å². The number of rotatable bonds is 9. The fourth-order valence-electron chi connectivity index (χ4n) is 4.72. The summed E-state index contributed by atoms with van der Waals surface area (Å²) in [6, 6.07) is 8.08. The molecule has 0 aliphatic heterocycles. The Morgan fingerprint density at radius 1 is 1.26 bits per heavy atom. The summed E-state index contributed by atoms with van der Waals surface area (Å²) in [5.41, 5.74) is 1.36. The van der Waals surface area contributed by atoms with Crippen molar-refractivity contribution in [2.75, 3.05) is 20.3 Å². The minimum atomic E-state index is -0.604. The second-order valence-corrected chi connectivity index (χ2v) is 11.2. The fourth-order valence-corrected chi connectivity index (χ4v) is 5.69. The summed E-state index contributed by atoms with van der Waals surface area (Å²) in [6.07, 6.45) is 5.22. The normalized spacial score (nSPS) is 16.2. The molecule has 1 saturated carbocycles. The Kier molecular flexibility index (Phi) is 8.27. The maximum Gasteiger partial charge on any atom is 0.260 e. The Labute approximate surface area is 211 Å². The molecule has 1 unspecified atom stereocenters. The molecule has 0 bridgehead atoms. The molecule has 0 saturated heterocycles. The molecule has 0 amide bonds. The average molecular weight is 500 g/mol. The molecular weight excluding hydrogens is 462 g/mol. The zero-order valence-electron chi connectivity index (χ0n) is 21.2. The smallest absolute Gasteiger partial charge is 0.260 e. The molecule has 2 aromatic heterocycles. The number of ether oxygens (including phenoxy) is 2. The summed E-state index contributed by atoms with van der Waals surface area (Å²) >= 11 is 1.48. The van der Waals surface area contributed by atoms with Gasteiger partial charge in [0.2, 0.25) is 0 Å². The van der Waals surface area contributed by atoms with E-state index in [1.807, 2.05) is 50.4 Å². The van der Waals surface area contributed by atoms with Crippen molar-refractivity contribution >= 4 is 21.6 Å². The lowest BCUT2D eigenvalue weighted by molar-refractivity contribution is -0.0610. The van der Waals surface area contributed by atoms with Crippen LogP contribution >= 0.6 is 11.3 Å². The van der Waals surface area contributed by atoms with Crippen LogP contribution in [0.5, 0.6) is 5.75 Å². The van der Waals surface area contributed by atoms with Crippen molar-refractivity contribution in [3.63, 3.8) is 0 Å². The largest absolute Gasteiger partial charge is 0.497 e. The number of aromatic nitrogens is 2. The molecule has 2 heterocycles. The molecule has 4 rings (SSSR count). The maximum absolute atomic E-state index is 13.2. The summed E-state index contributed by atoms with van der Waals surface area (Å²) in [6.45, 7) is 7.23. The molecular formula is C27H37N3O4S. The van der Waals surface area contributed by atoms with E-state index in [1.54, 1.807) is 7.11 Å². The van der Waals surface area contributed by atoms with Gasteiger partial charge in [0.1, 0.15) is 16.4 Å². The van der Waals surface area contributed by atoms with Gasteiger partial charge in [0.15, 0.2) is 0 Å². The third-order valence-corrected chi connectivity index (χ3v) is 7.34. The van der Waals surface area contributed by atoms with Gasteiger partial charge in [-0.15, -0.1) is 11.3 Å². The molecule has 3 aromatic rings. The van der Waals surface area contributed by atoms with E-state index in [-0.39, 0.29) is 17.8 Å². The van der Waals surface area contributed by atoms with E-state index in [9.17, 15) is 9.90 Å². The lowest BCUT2D eigenvalue weighted by Gasteiger charge is -2.35. The van der Waals surface area contributed by atoms with Crippen molar-refractivity contribution in [2.24, 2.45) is 0 Å². The van der Waals surface area contributed by atoms with Crippen LogP contribution in [0.4, 0.5) is 0 Å². The van der Waals surface area contributed by atoms with Gasteiger partial charge in [0.05, 0.1) is 37.4 Å². The minimum absolute atomic E-state index is 0.135. The predicted octanol–water partition coefficient (Wildman–Crippen LogP) is 4.97. The van der Waals surface area contributed by atoms with Crippen molar-refractivity contribution in [3.05, 3.63) is 45.8 Å². The number of aliphatic hydroxyl groups excluding tert-OH is 1. The number of fused-ring (bicyclic) bond motifs is 1. The van der Waals surface area contributed by atoms with Crippen LogP contribution in [0, 0.1) is 0 Å². The molecule has 8 heteroatoms. The van der Waals surface area contributed by atoms with Crippen molar-refractivity contribution in [2.45, 2.75) is 77.2 Å². The highest BCUT2D eigenvalue weighted by atomic mass is 32.1. The van der Waals surface area contributed by atoms with Gasteiger partial charge in [-0.3, -0.25) is 9.69 Å². The lowest BCUT2D eigenvalue weighted by Crippen LogP contribution is -2.43. The number of hydrogen-bond acceptors (Lipinski definition) is 7. The monoisotopic (exact) mass is 499 g/mol. The topological polar surface area (TPSA) is 87.7 Å². The molecule has 35 heavy (non-hydrogen) atoms. The first-order chi connectivity index (χ1) is 16.7. The van der Waals surface area contributed by atoms with Crippen molar-refractivity contribution in [1.29, 1.82) is 0 Å². The van der Waals surface area contributed by atoms with Gasteiger partial charge in [0, 0.05) is 23.5 Å². The van der Waals surface area contributed by atoms with Gasteiger partial charge in [-0.05, 0) is 51.3 Å². The molecule has 7 nitrogen and oxygen atoms in total. The Balaban J connectivity index is 1.57. The predicted molar refractivity (Wildman–Crippen MR) is 141 cm³/mol. The number of nitrogens with one attached hydrogen (secondary N) is 1. The minimum Gasteiger partial charge on any atom is -0.497 e. The van der Waals surface area contributed by atoms with E-state index >= 15 is 0 Å². The van der Waals surface area contributed by atoms with Crippen LogP contribution in [0.3, 0.4) is 0 Å². The Bertz CT molecular complexity index is 1180. The van der Waals surface area contributed by atoms with Crippen LogP contribution in [0.1, 0.15) is 58.7 Å². The van der Waals surface area contributed by atoms with Crippen LogP contribution < -0.4 is 10.3 Å². The van der Waals surface area contributed by atoms with Crippen molar-refractivity contribution < 1.29 is 14.6 Å². The number of nitrogens with zero attached hydrogens (tertiary/aromatic N) is 2. The molecule has 0 radical (unpaired) electrons. The van der Waals surface area contributed by atoms with Crippen LogP contribution in [0.25, 0.3) is 21.3 Å². The summed E-state index contributed by atoms with van der Waals surface area (Å²) in [7, 11) is 1.63. The second-order valence-electron chi connectivity index (χ2n) is 10.4. The van der Waals surface area contributed by atoms with Crippen molar-refractivity contribution in [1.82, 2.24) is 14.9 Å². The molecule has 1 aromatic carbocycles. The number of hydrogen-bond donors (Lipinski definition) is 2. The van der Waals surface area contributed by atoms with Crippen LogP contribution in [-0.4, -0.2) is 58.0 Å². The quantitative estimate of drug-likeness (QED) is 0.432. The molecule has 1 aliphatic rings. The first kappa shape index (κ1) is 25.8. The zero-order chi connectivity index (χ0) is 25.0. The van der Waals surface area contributed by atoms with Crippen LogP contribution in [0.2, 0.25) is 0 Å². The van der Waals surface area contributed by atoms with E-state index in [2.05, 4.69) is 9.88 Å². The highest BCUT2D eigenvalue weighted by molar-refractivity contribution is 7.17. The van der Waals surface area contributed by atoms with E-state index in [0.717, 1.165) is 34.5 Å². The highest BCUT2D eigenvalue weighted by Gasteiger charge is 2.25. The number of aliphatic hydroxyl groups is 1. The first-order valence-corrected chi connectivity index (χ1v) is 13.3. The number of thiophene rings is 1. The molecule has 0 spiro atoms. The summed E-state index contributed by atoms with van der Waals surface area (Å²) < 4.78 is 11.2. The SMILES string of the molecule is COc1cccc(-c2csc3nc(CN(CC(O)COC(C)(C)C)C4CCCCC4)[nH]c(=O)c23)c1. The number of benzene rings is 1. The standard InChI is InChI=1S/C27H37N3O4S/c1-27(2,3)34-16-20(31)14-30(19-10-6-5-7-11-19)15-23-28-25(32)24-22(17-35-26(24)29-23)18-9-8-12-21(13-18)33-4/h8-9,12-13,17,19-20,31H,5-7,10-11,14-16H2,1-4H3,(H,28,29,32). The Morgan fingerprint density at radius 3 is 2.74 bits per heavy atom. The van der Waals surface area contributed by atoms with Gasteiger partial charge in [-0.1, -0.05) is 31.4 Å². The zero-order valence-corrected chi connectivity index (χ0v) is 22.0. The van der Waals surface area contributed by atoms with Gasteiger partial charge < -0.3 is 19.6 Å². The van der Waals surface area contributed by atoms with Crippen LogP contribution in [0.15, 0.2) is 34.4 Å². The Hall–Kier alpha value is -2.26. The van der Waals surface area contributed by atoms with Gasteiger partial charge >= 0.3 is 0 Å². The van der Waals surface area contributed by atoms with Gasteiger partial charge in [-0.25, -0.2) is 4.98 Å². The number of methoxy groups -OCH3 is 1. The third kappa shape index (κ3) is 6.70. The van der Waals surface area contributed by atoms with Crippen molar-refractivity contribution in [3.8, 4) is 16.9 Å². The fraction of sp³-hybridized carbons (Fsp3) is 0.556. The summed E-state index contributed by atoms with van der Waals surface area (Å²) in [5.74, 6) is 1.39. The third-order valence-electron chi connectivity index (χ3n) is 6.47. The number of aromatic amines is 1. The van der Waals surface area contributed by atoms with E-state index < -0.39 is 6.10 Å². The van der Waals surface area contributed by atoms with E-state index in [4.69, 9.17) is 14.5 Å². The Morgan fingerprint density at radius 2 is 2.03 bits per heavy atom. The second kappa shape index (κ2) is 11.2. The highest BCUT2D eigenvalue weighted by Crippen LogP contribution is 2.32. The van der Waals surface area contributed by atoms with Gasteiger partial charge in [-0.2, -0.15) is 0 Å². The molecule has 1 fully saturated rings. The molecule has 190 valence electrons. The van der Waals surface area contributed by atoms with E-state index in [0.29, 0.717) is 30.3 Å². The summed E-state index contributed by atoms with van der Waals surface area (Å²) in [5, 5.41) is 13.3. The van der Waals surface area contributed by atoms with Gasteiger partial charge in [0.25, 0.3) is 5.56 Å². The lowest BCUT2D eigenvalue weighted by atomic mass is 9.94. The first-order valence-electron chi connectivity index (χ1n) is 12.4. The molecule has 1 atom stereocenters. The molecule has 2 N–H and O–H groups in total. The molecule has 1 aliphatic carbocycles. The maximum atomic E-state index is 13.2. The average Bonchev–Trinajstić information content (AvgIpc) is 3.27.